The summed E-state index contributed by atoms with van der Waals surface area (Å²) < 4.78 is 5.51. The van der Waals surface area contributed by atoms with Crippen molar-refractivity contribution >= 4 is 23.2 Å². The van der Waals surface area contributed by atoms with Gasteiger partial charge < -0.3 is 15.2 Å². The van der Waals surface area contributed by atoms with Crippen LogP contribution in [0.15, 0.2) is 18.2 Å². The molecule has 21 heavy (non-hydrogen) atoms. The molecule has 1 aromatic rings. The molecular weight excluding hydrogens is 290 g/mol. The van der Waals surface area contributed by atoms with Crippen LogP contribution in [0, 0.1) is 11.8 Å². The molecule has 4 nitrogen and oxygen atoms in total. The van der Waals surface area contributed by atoms with Crippen LogP contribution < -0.4 is 5.32 Å². The van der Waals surface area contributed by atoms with Gasteiger partial charge in [-0.05, 0) is 38.0 Å². The van der Waals surface area contributed by atoms with Gasteiger partial charge >= 0.3 is 0 Å². The topological polar surface area (TPSA) is 58.6 Å². The van der Waals surface area contributed by atoms with E-state index >= 15 is 0 Å². The lowest BCUT2D eigenvalue weighted by atomic mass is 10.0. The number of carbonyl (C=O) groups excluding carboxylic acids is 1. The summed E-state index contributed by atoms with van der Waals surface area (Å²) in [5.74, 6) is 5.56. The van der Waals surface area contributed by atoms with Gasteiger partial charge in [-0.1, -0.05) is 23.4 Å². The van der Waals surface area contributed by atoms with Crippen molar-refractivity contribution in [2.45, 2.75) is 31.8 Å². The molecule has 1 saturated heterocycles. The molecular formula is C16H18ClNO3. The molecule has 5 heteroatoms. The van der Waals surface area contributed by atoms with E-state index in [4.69, 9.17) is 21.4 Å². The number of rotatable bonds is 3. The third-order valence-electron chi connectivity index (χ3n) is 3.38. The van der Waals surface area contributed by atoms with Gasteiger partial charge in [0.25, 0.3) is 5.91 Å². The third kappa shape index (κ3) is 3.98. The minimum atomic E-state index is -0.790. The zero-order valence-corrected chi connectivity index (χ0v) is 12.7. The van der Waals surface area contributed by atoms with Gasteiger partial charge in [-0.3, -0.25) is 4.79 Å². The first-order valence-electron chi connectivity index (χ1n) is 6.90. The maximum Gasteiger partial charge on any atom is 0.256 e. The van der Waals surface area contributed by atoms with Crippen molar-refractivity contribution in [3.63, 3.8) is 0 Å². The lowest BCUT2D eigenvalue weighted by Gasteiger charge is -2.22. The molecule has 0 bridgehead atoms. The number of hydrogen-bond acceptors (Lipinski definition) is 3. The summed E-state index contributed by atoms with van der Waals surface area (Å²) >= 11 is 6.11. The van der Waals surface area contributed by atoms with Crippen LogP contribution in [0.2, 0.25) is 5.02 Å². The number of hydrogen-bond donors (Lipinski definition) is 2. The van der Waals surface area contributed by atoms with E-state index in [1.54, 1.807) is 25.1 Å². The average molecular weight is 308 g/mol. The van der Waals surface area contributed by atoms with E-state index in [9.17, 15) is 4.79 Å². The van der Waals surface area contributed by atoms with Crippen LogP contribution in [-0.4, -0.2) is 29.8 Å². The molecule has 0 radical (unpaired) electrons. The molecule has 1 aromatic carbocycles. The summed E-state index contributed by atoms with van der Waals surface area (Å²) in [5, 5.41) is 12.0. The number of amides is 1. The maximum absolute atomic E-state index is 12.3. The number of carbonyl (C=O) groups is 1. The van der Waals surface area contributed by atoms with Crippen LogP contribution in [0.1, 0.15) is 31.7 Å². The van der Waals surface area contributed by atoms with E-state index in [0.29, 0.717) is 30.2 Å². The van der Waals surface area contributed by atoms with E-state index in [2.05, 4.69) is 17.2 Å². The van der Waals surface area contributed by atoms with Gasteiger partial charge in [0.15, 0.2) is 0 Å². The van der Waals surface area contributed by atoms with E-state index < -0.39 is 5.60 Å². The van der Waals surface area contributed by atoms with Crippen LogP contribution >= 0.6 is 11.6 Å². The van der Waals surface area contributed by atoms with Crippen molar-refractivity contribution < 1.29 is 14.6 Å². The molecule has 0 aliphatic carbocycles. The fraction of sp³-hybridized carbons (Fsp3) is 0.438. The van der Waals surface area contributed by atoms with Crippen LogP contribution in [0.4, 0.5) is 5.69 Å². The maximum atomic E-state index is 12.3. The summed E-state index contributed by atoms with van der Waals surface area (Å²) in [5.41, 5.74) is 0.469. The predicted molar refractivity (Wildman–Crippen MR) is 82.3 cm³/mol. The number of aliphatic hydroxyl groups excluding tert-OH is 1. The highest BCUT2D eigenvalue weighted by atomic mass is 35.5. The predicted octanol–water partition coefficient (Wildman–Crippen LogP) is 2.58. The van der Waals surface area contributed by atoms with Crippen LogP contribution in [0.25, 0.3) is 0 Å². The summed E-state index contributed by atoms with van der Waals surface area (Å²) in [7, 11) is 0. The van der Waals surface area contributed by atoms with Crippen molar-refractivity contribution in [3.05, 3.63) is 28.8 Å². The molecule has 0 saturated carbocycles. The minimum Gasteiger partial charge on any atom is -0.395 e. The molecule has 1 heterocycles. The molecule has 0 aromatic heterocycles. The first-order valence-corrected chi connectivity index (χ1v) is 7.28. The second-order valence-electron chi connectivity index (χ2n) is 5.11. The Bertz CT molecular complexity index is 583. The molecule has 112 valence electrons. The molecule has 1 fully saturated rings. The fourth-order valence-corrected chi connectivity index (χ4v) is 2.30. The molecule has 1 amide bonds. The lowest BCUT2D eigenvalue weighted by molar-refractivity contribution is -0.133. The van der Waals surface area contributed by atoms with E-state index in [1.807, 2.05) is 0 Å². The summed E-state index contributed by atoms with van der Waals surface area (Å²) in [4.78, 5) is 12.3. The van der Waals surface area contributed by atoms with Crippen LogP contribution in [-0.2, 0) is 9.53 Å². The second-order valence-corrected chi connectivity index (χ2v) is 5.51. The number of ether oxygens (including phenoxy) is 1. The molecule has 0 spiro atoms. The summed E-state index contributed by atoms with van der Waals surface area (Å²) in [6, 6.07) is 5.19. The van der Waals surface area contributed by atoms with Crippen molar-refractivity contribution in [2.75, 3.05) is 18.5 Å². The zero-order chi connectivity index (χ0) is 15.3. The summed E-state index contributed by atoms with van der Waals surface area (Å²) in [6.07, 6.45) is 1.99. The highest BCUT2D eigenvalue weighted by Gasteiger charge is 2.37. The van der Waals surface area contributed by atoms with Gasteiger partial charge in [-0.2, -0.15) is 0 Å². The molecule has 1 aliphatic rings. The zero-order valence-electron chi connectivity index (χ0n) is 11.9. The smallest absolute Gasteiger partial charge is 0.256 e. The SMILES string of the molecule is CC1(C(=O)Nc2cc(C#CCCO)ccc2Cl)CCCO1. The molecule has 1 atom stereocenters. The monoisotopic (exact) mass is 307 g/mol. The molecule has 2 rings (SSSR count). The Balaban J connectivity index is 2.14. The van der Waals surface area contributed by atoms with Gasteiger partial charge in [0.1, 0.15) is 5.60 Å². The van der Waals surface area contributed by atoms with Gasteiger partial charge in [0.05, 0.1) is 17.3 Å². The first kappa shape index (κ1) is 15.8. The third-order valence-corrected chi connectivity index (χ3v) is 3.71. The normalized spacial score (nSPS) is 20.7. The quantitative estimate of drug-likeness (QED) is 0.844. The number of aliphatic hydroxyl groups is 1. The van der Waals surface area contributed by atoms with Gasteiger partial charge in [-0.15, -0.1) is 0 Å². The number of halogens is 1. The Morgan fingerprint density at radius 3 is 3.05 bits per heavy atom. The number of anilines is 1. The molecule has 1 unspecified atom stereocenters. The van der Waals surface area contributed by atoms with Crippen molar-refractivity contribution in [1.29, 1.82) is 0 Å². The van der Waals surface area contributed by atoms with Crippen molar-refractivity contribution in [3.8, 4) is 11.8 Å². The van der Waals surface area contributed by atoms with Gasteiger partial charge in [0, 0.05) is 18.6 Å². The fourth-order valence-electron chi connectivity index (χ4n) is 2.13. The Kier molecular flexibility index (Phi) is 5.24. The van der Waals surface area contributed by atoms with Crippen LogP contribution in [0.3, 0.4) is 0 Å². The van der Waals surface area contributed by atoms with Gasteiger partial charge in [-0.25, -0.2) is 0 Å². The first-order chi connectivity index (χ1) is 10.0. The lowest BCUT2D eigenvalue weighted by Crippen LogP contribution is -2.39. The van der Waals surface area contributed by atoms with E-state index in [1.165, 1.54) is 0 Å². The second kappa shape index (κ2) is 6.95. The Labute approximate surface area is 129 Å². The largest absolute Gasteiger partial charge is 0.395 e. The molecule has 2 N–H and O–H groups in total. The van der Waals surface area contributed by atoms with Crippen molar-refractivity contribution in [1.82, 2.24) is 0 Å². The number of benzene rings is 1. The number of nitrogens with one attached hydrogen (secondary N) is 1. The average Bonchev–Trinajstić information content (AvgIpc) is 2.91. The van der Waals surface area contributed by atoms with E-state index in [-0.39, 0.29) is 12.5 Å². The Hall–Kier alpha value is -1.54. The van der Waals surface area contributed by atoms with Crippen LogP contribution in [0.5, 0.6) is 0 Å². The Morgan fingerprint density at radius 1 is 1.57 bits per heavy atom. The standard InChI is InChI=1S/C16H18ClNO3/c1-16(8-4-10-21-16)15(20)18-14-11-12(5-2-3-9-19)6-7-13(14)17/h6-7,11,19H,3-4,8-10H2,1H3,(H,18,20). The van der Waals surface area contributed by atoms with E-state index in [0.717, 1.165) is 12.0 Å². The minimum absolute atomic E-state index is 0.0277. The highest BCUT2D eigenvalue weighted by molar-refractivity contribution is 6.33. The van der Waals surface area contributed by atoms with Gasteiger partial charge in [0.2, 0.25) is 0 Å². The summed E-state index contributed by atoms with van der Waals surface area (Å²) in [6.45, 7) is 2.42. The molecule has 1 aliphatic heterocycles. The highest BCUT2D eigenvalue weighted by Crippen LogP contribution is 2.29. The van der Waals surface area contributed by atoms with Crippen molar-refractivity contribution in [2.24, 2.45) is 0 Å². The Morgan fingerprint density at radius 2 is 2.38 bits per heavy atom.